The molecule has 1 rings (SSSR count). The van der Waals surface area contributed by atoms with Gasteiger partial charge in [0.2, 0.25) is 10.0 Å². The molecule has 0 saturated heterocycles. The quantitative estimate of drug-likeness (QED) is 0.912. The Kier molecular flexibility index (Phi) is 4.07. The first-order valence-electron chi connectivity index (χ1n) is 4.69. The van der Waals surface area contributed by atoms with Crippen molar-refractivity contribution in [3.05, 3.63) is 18.2 Å². The zero-order valence-corrected chi connectivity index (χ0v) is 10.0. The van der Waals surface area contributed by atoms with Crippen molar-refractivity contribution in [2.75, 3.05) is 6.61 Å². The third-order valence-electron chi connectivity index (χ3n) is 1.76. The van der Waals surface area contributed by atoms with Crippen molar-refractivity contribution < 1.29 is 31.1 Å². The molecule has 0 bridgehead atoms. The molecule has 9 heteroatoms. The van der Waals surface area contributed by atoms with Gasteiger partial charge in [0, 0.05) is 6.07 Å². The van der Waals surface area contributed by atoms with Gasteiger partial charge < -0.3 is 9.47 Å². The third-order valence-corrected chi connectivity index (χ3v) is 2.69. The van der Waals surface area contributed by atoms with E-state index in [1.54, 1.807) is 6.92 Å². The van der Waals surface area contributed by atoms with E-state index in [0.717, 1.165) is 18.2 Å². The van der Waals surface area contributed by atoms with Crippen LogP contribution < -0.4 is 14.6 Å². The van der Waals surface area contributed by atoms with E-state index < -0.39 is 27.0 Å². The highest BCUT2D eigenvalue weighted by atomic mass is 32.2. The van der Waals surface area contributed by atoms with E-state index in [9.17, 15) is 21.6 Å². The second-order valence-electron chi connectivity index (χ2n) is 3.13. The molecule has 0 aliphatic carbocycles. The Morgan fingerprint density at radius 2 is 1.94 bits per heavy atom. The zero-order valence-electron chi connectivity index (χ0n) is 9.19. The van der Waals surface area contributed by atoms with Crippen LogP contribution >= 0.6 is 0 Å². The molecule has 0 fully saturated rings. The normalized spacial score (nSPS) is 12.3. The topological polar surface area (TPSA) is 78.6 Å². The van der Waals surface area contributed by atoms with E-state index in [0.29, 0.717) is 0 Å². The van der Waals surface area contributed by atoms with E-state index in [1.807, 2.05) is 0 Å². The molecular formula is C9H10F3NO4S. The number of sulfonamides is 1. The zero-order chi connectivity index (χ0) is 14.0. The van der Waals surface area contributed by atoms with Crippen LogP contribution in [0.4, 0.5) is 13.2 Å². The predicted octanol–water partition coefficient (Wildman–Crippen LogP) is 1.63. The Bertz CT molecular complexity index is 527. The van der Waals surface area contributed by atoms with Gasteiger partial charge in [0.15, 0.2) is 0 Å². The first kappa shape index (κ1) is 14.6. The number of halogens is 3. The lowest BCUT2D eigenvalue weighted by Crippen LogP contribution is -2.21. The molecule has 0 saturated carbocycles. The van der Waals surface area contributed by atoms with Crippen LogP contribution in [0.2, 0.25) is 0 Å². The van der Waals surface area contributed by atoms with Crippen LogP contribution in [0, 0.1) is 0 Å². The lowest BCUT2D eigenvalue weighted by Gasteiger charge is -2.13. The Hall–Kier alpha value is -1.48. The first-order valence-corrected chi connectivity index (χ1v) is 6.23. The molecule has 2 N–H and O–H groups in total. The number of hydrogen-bond acceptors (Lipinski definition) is 4. The maximum absolute atomic E-state index is 12.1. The summed E-state index contributed by atoms with van der Waals surface area (Å²) in [6.07, 6.45) is -5.01. The van der Waals surface area contributed by atoms with Gasteiger partial charge in [0.05, 0.1) is 6.61 Å². The van der Waals surface area contributed by atoms with Crippen LogP contribution in [0.3, 0.4) is 0 Å². The minimum atomic E-state index is -5.01. The smallest absolute Gasteiger partial charge is 0.494 e. The monoisotopic (exact) mass is 285 g/mol. The molecule has 5 nitrogen and oxygen atoms in total. The first-order chi connectivity index (χ1) is 8.13. The second kappa shape index (κ2) is 5.02. The summed E-state index contributed by atoms with van der Waals surface area (Å²) in [7, 11) is -4.35. The molecule has 18 heavy (non-hydrogen) atoms. The standard InChI is InChI=1S/C9H10F3NO4S/c1-2-16-6-3-4-7(17-9(10,11)12)8(5-6)18(13,14)15/h3-5H,2H2,1H3,(H2,13,14,15). The summed E-state index contributed by atoms with van der Waals surface area (Å²) in [5.74, 6) is -0.815. The Balaban J connectivity index is 3.26. The molecule has 0 atom stereocenters. The van der Waals surface area contributed by atoms with E-state index in [4.69, 9.17) is 9.88 Å². The largest absolute Gasteiger partial charge is 0.573 e. The lowest BCUT2D eigenvalue weighted by atomic mass is 10.3. The molecule has 102 valence electrons. The molecule has 0 aromatic heterocycles. The Labute approximate surface area is 101 Å². The van der Waals surface area contributed by atoms with E-state index in [2.05, 4.69) is 4.74 Å². The van der Waals surface area contributed by atoms with Gasteiger partial charge in [0.25, 0.3) is 0 Å². The Morgan fingerprint density at radius 1 is 1.33 bits per heavy atom. The molecule has 0 unspecified atom stereocenters. The van der Waals surface area contributed by atoms with Crippen molar-refractivity contribution in [2.45, 2.75) is 18.2 Å². The maximum atomic E-state index is 12.1. The minimum Gasteiger partial charge on any atom is -0.494 e. The van der Waals surface area contributed by atoms with E-state index in [1.165, 1.54) is 0 Å². The summed E-state index contributed by atoms with van der Waals surface area (Å²) < 4.78 is 67.1. The van der Waals surface area contributed by atoms with Crippen molar-refractivity contribution in [1.82, 2.24) is 0 Å². The molecule has 0 amide bonds. The summed E-state index contributed by atoms with van der Waals surface area (Å²) in [5, 5.41) is 4.81. The Morgan fingerprint density at radius 3 is 2.39 bits per heavy atom. The highest BCUT2D eigenvalue weighted by Gasteiger charge is 2.33. The van der Waals surface area contributed by atoms with Crippen LogP contribution in [0.15, 0.2) is 23.1 Å². The highest BCUT2D eigenvalue weighted by molar-refractivity contribution is 7.89. The minimum absolute atomic E-state index is 0.0797. The molecule has 0 aliphatic heterocycles. The van der Waals surface area contributed by atoms with Gasteiger partial charge in [-0.1, -0.05) is 0 Å². The summed E-state index contributed by atoms with van der Waals surface area (Å²) in [6.45, 7) is 1.86. The van der Waals surface area contributed by atoms with Crippen molar-refractivity contribution in [3.8, 4) is 11.5 Å². The highest BCUT2D eigenvalue weighted by Crippen LogP contribution is 2.31. The number of ether oxygens (including phenoxy) is 2. The molecule has 0 radical (unpaired) electrons. The van der Waals surface area contributed by atoms with Crippen molar-refractivity contribution in [1.29, 1.82) is 0 Å². The molecule has 1 aromatic carbocycles. The van der Waals surface area contributed by atoms with Crippen LogP contribution in [0.1, 0.15) is 6.92 Å². The molecule has 0 spiro atoms. The number of benzene rings is 1. The number of primary sulfonamides is 1. The van der Waals surface area contributed by atoms with Gasteiger partial charge in [-0.05, 0) is 19.1 Å². The second-order valence-corrected chi connectivity index (χ2v) is 4.66. The van der Waals surface area contributed by atoms with E-state index >= 15 is 0 Å². The third kappa shape index (κ3) is 4.08. The number of hydrogen-bond donors (Lipinski definition) is 1. The molecule has 0 aliphatic rings. The van der Waals surface area contributed by atoms with Gasteiger partial charge in [-0.25, -0.2) is 13.6 Å². The van der Waals surface area contributed by atoms with Gasteiger partial charge in [0.1, 0.15) is 16.4 Å². The summed E-state index contributed by atoms with van der Waals surface area (Å²) in [4.78, 5) is -0.786. The van der Waals surface area contributed by atoms with Crippen molar-refractivity contribution >= 4 is 10.0 Å². The van der Waals surface area contributed by atoms with Crippen LogP contribution in [0.5, 0.6) is 11.5 Å². The van der Waals surface area contributed by atoms with Gasteiger partial charge in [-0.3, -0.25) is 0 Å². The molecular weight excluding hydrogens is 275 g/mol. The van der Waals surface area contributed by atoms with Crippen molar-refractivity contribution in [3.63, 3.8) is 0 Å². The van der Waals surface area contributed by atoms with Gasteiger partial charge >= 0.3 is 6.36 Å². The van der Waals surface area contributed by atoms with Crippen molar-refractivity contribution in [2.24, 2.45) is 5.14 Å². The fraction of sp³-hybridized carbons (Fsp3) is 0.333. The van der Waals surface area contributed by atoms with E-state index in [-0.39, 0.29) is 12.4 Å². The van der Waals surface area contributed by atoms with Gasteiger partial charge in [-0.2, -0.15) is 0 Å². The molecule has 1 aromatic rings. The lowest BCUT2D eigenvalue weighted by molar-refractivity contribution is -0.275. The maximum Gasteiger partial charge on any atom is 0.573 e. The summed E-state index contributed by atoms with van der Waals surface area (Å²) in [5.41, 5.74) is 0. The average Bonchev–Trinajstić information content (AvgIpc) is 2.17. The summed E-state index contributed by atoms with van der Waals surface area (Å²) in [6, 6.07) is 2.86. The van der Waals surface area contributed by atoms with Crippen LogP contribution in [0.25, 0.3) is 0 Å². The SMILES string of the molecule is CCOc1ccc(OC(F)(F)F)c(S(N)(=O)=O)c1. The predicted molar refractivity (Wildman–Crippen MR) is 55.7 cm³/mol. The number of alkyl halides is 3. The number of nitrogens with two attached hydrogens (primary N) is 1. The fourth-order valence-corrected chi connectivity index (χ4v) is 1.85. The van der Waals surface area contributed by atoms with Gasteiger partial charge in [-0.15, -0.1) is 13.2 Å². The average molecular weight is 285 g/mol. The summed E-state index contributed by atoms with van der Waals surface area (Å²) >= 11 is 0. The molecule has 0 heterocycles. The van der Waals surface area contributed by atoms with Crippen LogP contribution in [-0.2, 0) is 10.0 Å². The van der Waals surface area contributed by atoms with Crippen LogP contribution in [-0.4, -0.2) is 21.4 Å². The number of rotatable bonds is 4. The fourth-order valence-electron chi connectivity index (χ4n) is 1.18.